The van der Waals surface area contributed by atoms with Gasteiger partial charge in [-0.05, 0) is 107 Å². The van der Waals surface area contributed by atoms with E-state index in [2.05, 4.69) is 5.32 Å². The highest BCUT2D eigenvalue weighted by Crippen LogP contribution is 2.24. The van der Waals surface area contributed by atoms with Gasteiger partial charge in [0.05, 0.1) is 31.5 Å². The summed E-state index contributed by atoms with van der Waals surface area (Å²) in [6, 6.07) is 11.7. The average molecular weight is 842 g/mol. The summed E-state index contributed by atoms with van der Waals surface area (Å²) in [6.07, 6.45) is 1.55. The van der Waals surface area contributed by atoms with Crippen molar-refractivity contribution in [3.8, 4) is 0 Å². The van der Waals surface area contributed by atoms with E-state index in [0.717, 1.165) is 11.0 Å². The van der Waals surface area contributed by atoms with Gasteiger partial charge < -0.3 is 20.3 Å². The predicted molar refractivity (Wildman–Crippen MR) is 226 cm³/mol. The van der Waals surface area contributed by atoms with Crippen LogP contribution >= 0.6 is 0 Å². The zero-order valence-corrected chi connectivity index (χ0v) is 36.6. The number of urea groups is 1. The van der Waals surface area contributed by atoms with Crippen molar-refractivity contribution in [1.29, 1.82) is 0 Å². The molecule has 60 heavy (non-hydrogen) atoms. The van der Waals surface area contributed by atoms with Gasteiger partial charge in [-0.25, -0.2) is 14.4 Å². The number of nitro benzene ring substituents is 3. The first kappa shape index (κ1) is 53.7. The fraction of sp³-hybridized carbons (Fsp3) is 0.476. The van der Waals surface area contributed by atoms with E-state index in [1.54, 1.807) is 101 Å². The highest BCUT2D eigenvalue weighted by atomic mass is 16.6. The molecule has 0 heterocycles. The van der Waals surface area contributed by atoms with E-state index in [4.69, 9.17) is 14.9 Å². The molecule has 0 spiro atoms. The van der Waals surface area contributed by atoms with Crippen LogP contribution in [0.3, 0.4) is 0 Å². The third-order valence-corrected chi connectivity index (χ3v) is 7.48. The molecule has 0 aliphatic carbocycles. The molecular formula is C42H59N5O13. The second kappa shape index (κ2) is 23.9. The highest BCUT2D eigenvalue weighted by Gasteiger charge is 2.28. The second-order valence-corrected chi connectivity index (χ2v) is 15.7. The van der Waals surface area contributed by atoms with E-state index in [9.17, 15) is 49.5 Å². The summed E-state index contributed by atoms with van der Waals surface area (Å²) >= 11 is 0. The monoisotopic (exact) mass is 841 g/mol. The fourth-order valence-corrected chi connectivity index (χ4v) is 4.85. The molecule has 3 N–H and O–H groups in total. The Morgan fingerprint density at radius 3 is 1.30 bits per heavy atom. The topological polar surface area (TPSA) is 263 Å². The molecule has 18 heteroatoms. The van der Waals surface area contributed by atoms with E-state index in [-0.39, 0.29) is 45.8 Å². The molecule has 0 unspecified atom stereocenters. The van der Waals surface area contributed by atoms with Gasteiger partial charge in [-0.15, -0.1) is 0 Å². The summed E-state index contributed by atoms with van der Waals surface area (Å²) in [5, 5.41) is 52.4. The standard InChI is InChI=1S/C16H23N3O4.C13H17NO4.C9H9NO4.C4H10O/c1-6-12-7-8-13(9-14(12)19(22)23)15(20)18(11(4)5)16(21)17-10(2)3;1-5-9-6-7-10(8-11(9)14(16)17)12(15)18-13(2,3)4;1-2-6-3-4-7(9(11)12)5-8(6)10(13)14;1-4(2,3)5/h7-11H,6H2,1-5H3,(H,17,21);6-8H,5H2,1-4H3;3-5H,2H2,1H3,(H,11,12);5H,1-3H3. The number of hydrogen-bond donors (Lipinski definition) is 3. The number of aliphatic hydroxyl groups is 1. The van der Waals surface area contributed by atoms with Gasteiger partial charge in [0.15, 0.2) is 0 Å². The zero-order chi connectivity index (χ0) is 46.9. The van der Waals surface area contributed by atoms with Gasteiger partial charge >= 0.3 is 18.0 Å². The summed E-state index contributed by atoms with van der Waals surface area (Å²) in [5.74, 6) is -2.26. The van der Waals surface area contributed by atoms with E-state index in [1.807, 2.05) is 6.92 Å². The number of ether oxygens (including phenoxy) is 1. The quantitative estimate of drug-likeness (QED) is 0.0926. The molecule has 0 aromatic heterocycles. The van der Waals surface area contributed by atoms with Gasteiger partial charge in [0.2, 0.25) is 0 Å². The van der Waals surface area contributed by atoms with Gasteiger partial charge in [0, 0.05) is 52.5 Å². The van der Waals surface area contributed by atoms with Crippen LogP contribution in [0.5, 0.6) is 0 Å². The zero-order valence-electron chi connectivity index (χ0n) is 36.6. The maximum Gasteiger partial charge on any atom is 0.338 e. The van der Waals surface area contributed by atoms with Crippen LogP contribution < -0.4 is 5.32 Å². The Morgan fingerprint density at radius 1 is 0.667 bits per heavy atom. The first-order valence-corrected chi connectivity index (χ1v) is 19.1. The molecule has 3 rings (SSSR count). The van der Waals surface area contributed by atoms with Crippen molar-refractivity contribution in [1.82, 2.24) is 10.2 Å². The number of hydrogen-bond acceptors (Lipinski definition) is 12. The minimum Gasteiger partial charge on any atom is -0.478 e. The third kappa shape index (κ3) is 19.0. The number of carboxylic acid groups (broad SMARTS) is 1. The first-order valence-electron chi connectivity index (χ1n) is 19.1. The van der Waals surface area contributed by atoms with Crippen molar-refractivity contribution in [3.05, 3.63) is 118 Å². The molecule has 3 aromatic carbocycles. The van der Waals surface area contributed by atoms with E-state index < -0.39 is 49.8 Å². The molecule has 330 valence electrons. The van der Waals surface area contributed by atoms with Gasteiger partial charge in [0.25, 0.3) is 23.0 Å². The lowest BCUT2D eigenvalue weighted by molar-refractivity contribution is -0.385. The number of nitro groups is 3. The Kier molecular flexibility index (Phi) is 21.4. The van der Waals surface area contributed by atoms with E-state index in [0.29, 0.717) is 36.0 Å². The number of nitrogens with zero attached hydrogens (tertiary/aromatic N) is 4. The molecule has 0 aliphatic rings. The van der Waals surface area contributed by atoms with Crippen LogP contribution in [0.4, 0.5) is 21.9 Å². The van der Waals surface area contributed by atoms with Gasteiger partial charge in [0.1, 0.15) is 5.60 Å². The van der Waals surface area contributed by atoms with Crippen LogP contribution in [0, 0.1) is 30.3 Å². The number of imide groups is 1. The summed E-state index contributed by atoms with van der Waals surface area (Å²) in [4.78, 5) is 79.3. The molecule has 0 bridgehead atoms. The largest absolute Gasteiger partial charge is 0.478 e. The molecule has 0 saturated heterocycles. The number of amides is 3. The molecule has 18 nitrogen and oxygen atoms in total. The number of nitrogens with one attached hydrogen (secondary N) is 1. The summed E-state index contributed by atoms with van der Waals surface area (Å²) in [5.41, 5.74) is 0.570. The minimum absolute atomic E-state index is 0.0409. The number of esters is 1. The van der Waals surface area contributed by atoms with E-state index in [1.165, 1.54) is 30.3 Å². The summed E-state index contributed by atoms with van der Waals surface area (Å²) < 4.78 is 5.17. The lowest BCUT2D eigenvalue weighted by Crippen LogP contribution is -2.49. The van der Waals surface area contributed by atoms with Crippen LogP contribution in [0.2, 0.25) is 0 Å². The number of carbonyl (C=O) groups excluding carboxylic acids is 3. The molecule has 0 fully saturated rings. The van der Waals surface area contributed by atoms with Gasteiger partial charge in [-0.3, -0.25) is 40.0 Å². The number of rotatable bonds is 11. The van der Waals surface area contributed by atoms with Crippen LogP contribution in [0.25, 0.3) is 0 Å². The normalized spacial score (nSPS) is 10.7. The average Bonchev–Trinajstić information content (AvgIpc) is 3.12. The third-order valence-electron chi connectivity index (χ3n) is 7.48. The van der Waals surface area contributed by atoms with Crippen molar-refractivity contribution in [2.75, 3.05) is 0 Å². The molecule has 0 aliphatic heterocycles. The van der Waals surface area contributed by atoms with Crippen molar-refractivity contribution < 1.29 is 48.9 Å². The van der Waals surface area contributed by atoms with Crippen molar-refractivity contribution in [3.63, 3.8) is 0 Å². The van der Waals surface area contributed by atoms with Crippen molar-refractivity contribution >= 4 is 40.9 Å². The maximum atomic E-state index is 12.6. The number of carbonyl (C=O) groups is 4. The Balaban J connectivity index is 0.000000842. The Morgan fingerprint density at radius 2 is 1.00 bits per heavy atom. The lowest BCUT2D eigenvalue weighted by Gasteiger charge is -2.26. The van der Waals surface area contributed by atoms with Crippen LogP contribution in [0.15, 0.2) is 54.6 Å². The maximum absolute atomic E-state index is 12.6. The first-order chi connectivity index (χ1) is 27.5. The van der Waals surface area contributed by atoms with Crippen LogP contribution in [-0.2, 0) is 24.0 Å². The molecule has 3 aromatic rings. The van der Waals surface area contributed by atoms with Crippen molar-refractivity contribution in [2.45, 2.75) is 133 Å². The second-order valence-electron chi connectivity index (χ2n) is 15.7. The molecule has 3 amide bonds. The SMILES string of the molecule is CC(C)(C)O.CCc1ccc(C(=O)N(C(=O)NC(C)C)C(C)C)cc1[N+](=O)[O-].CCc1ccc(C(=O)O)cc1[N+](=O)[O-].CCc1ccc(C(=O)OC(C)(C)C)cc1[N+](=O)[O-]. The number of aromatic carboxylic acids is 1. The lowest BCUT2D eigenvalue weighted by atomic mass is 10.1. The van der Waals surface area contributed by atoms with Crippen LogP contribution in [0.1, 0.15) is 138 Å². The summed E-state index contributed by atoms with van der Waals surface area (Å²) in [7, 11) is 0. The number of benzene rings is 3. The number of aryl methyl sites for hydroxylation is 3. The Labute approximate surface area is 350 Å². The molecular weight excluding hydrogens is 782 g/mol. The smallest absolute Gasteiger partial charge is 0.338 e. The Bertz CT molecular complexity index is 1990. The van der Waals surface area contributed by atoms with Crippen molar-refractivity contribution in [2.24, 2.45) is 0 Å². The number of carboxylic acids is 1. The molecule has 0 radical (unpaired) electrons. The van der Waals surface area contributed by atoms with Gasteiger partial charge in [-0.1, -0.05) is 39.0 Å². The molecule has 0 saturated carbocycles. The Hall–Kier alpha value is -6.30. The molecule has 0 atom stereocenters. The predicted octanol–water partition coefficient (Wildman–Crippen LogP) is 8.87. The minimum atomic E-state index is -1.16. The van der Waals surface area contributed by atoms with Gasteiger partial charge in [-0.2, -0.15) is 0 Å². The highest BCUT2D eigenvalue weighted by molar-refractivity contribution is 6.05. The summed E-state index contributed by atoms with van der Waals surface area (Å²) in [6.45, 7) is 22.9. The van der Waals surface area contributed by atoms with Crippen LogP contribution in [-0.4, -0.2) is 77.0 Å². The van der Waals surface area contributed by atoms with E-state index >= 15 is 0 Å². The fourth-order valence-electron chi connectivity index (χ4n) is 4.85.